The molecule has 2 heterocycles. The van der Waals surface area contributed by atoms with Gasteiger partial charge in [0.15, 0.2) is 0 Å². The van der Waals surface area contributed by atoms with Crippen LogP contribution in [0, 0.1) is 0 Å². The Morgan fingerprint density at radius 3 is 2.33 bits per heavy atom. The van der Waals surface area contributed by atoms with Crippen LogP contribution in [0.5, 0.6) is 0 Å². The number of furan rings is 1. The molecule has 0 spiro atoms. The van der Waals surface area contributed by atoms with E-state index < -0.39 is 0 Å². The zero-order valence-electron chi connectivity index (χ0n) is 14.1. The third kappa shape index (κ3) is 3.16. The van der Waals surface area contributed by atoms with Crippen LogP contribution in [0.1, 0.15) is 26.5 Å². The monoisotopic (exact) mass is 358 g/mol. The molecule has 27 heavy (non-hydrogen) atoms. The van der Waals surface area contributed by atoms with Gasteiger partial charge in [-0.05, 0) is 48.5 Å². The first-order valence-corrected chi connectivity index (χ1v) is 8.24. The van der Waals surface area contributed by atoms with Crippen molar-refractivity contribution in [2.24, 2.45) is 0 Å². The average Bonchev–Trinajstić information content (AvgIpc) is 3.28. The third-order valence-corrected chi connectivity index (χ3v) is 4.11. The number of fused-ring (bicyclic) bond motifs is 1. The average molecular weight is 358 g/mol. The lowest BCUT2D eigenvalue weighted by molar-refractivity contribution is -0.111. The molecule has 6 nitrogen and oxygen atoms in total. The molecular weight excluding hydrogens is 344 g/mol. The Kier molecular flexibility index (Phi) is 4.14. The second kappa shape index (κ2) is 6.76. The molecule has 132 valence electrons. The summed E-state index contributed by atoms with van der Waals surface area (Å²) in [6.07, 6.45) is 4.40. The van der Waals surface area contributed by atoms with E-state index in [1.807, 2.05) is 0 Å². The fourth-order valence-electron chi connectivity index (χ4n) is 2.87. The fraction of sp³-hybridized carbons (Fsp3) is 0. The molecule has 0 saturated heterocycles. The van der Waals surface area contributed by atoms with E-state index >= 15 is 0 Å². The van der Waals surface area contributed by atoms with Crippen molar-refractivity contribution in [3.8, 4) is 0 Å². The molecule has 0 unspecified atom stereocenters. The van der Waals surface area contributed by atoms with E-state index in [-0.39, 0.29) is 17.7 Å². The molecule has 0 radical (unpaired) electrons. The molecule has 0 aliphatic carbocycles. The molecule has 1 N–H and O–H groups in total. The van der Waals surface area contributed by atoms with Gasteiger partial charge in [-0.15, -0.1) is 0 Å². The van der Waals surface area contributed by atoms with Crippen LogP contribution in [0.2, 0.25) is 0 Å². The molecule has 0 atom stereocenters. The highest BCUT2D eigenvalue weighted by molar-refractivity contribution is 6.34. The summed E-state index contributed by atoms with van der Waals surface area (Å²) in [6.45, 7) is 0. The number of carbonyl (C=O) groups excluding carboxylic acids is 3. The maximum absolute atomic E-state index is 12.6. The zero-order valence-corrected chi connectivity index (χ0v) is 14.1. The Labute approximate surface area is 154 Å². The Morgan fingerprint density at radius 1 is 0.926 bits per heavy atom. The van der Waals surface area contributed by atoms with Crippen molar-refractivity contribution < 1.29 is 18.8 Å². The van der Waals surface area contributed by atoms with Crippen LogP contribution in [0.3, 0.4) is 0 Å². The number of nitrogens with zero attached hydrogens (tertiary/aromatic N) is 1. The Hall–Kier alpha value is -3.93. The number of benzene rings is 2. The maximum Gasteiger partial charge on any atom is 0.266 e. The lowest BCUT2D eigenvalue weighted by Gasteiger charge is -2.15. The Morgan fingerprint density at radius 2 is 1.67 bits per heavy atom. The molecule has 0 saturated carbocycles. The summed E-state index contributed by atoms with van der Waals surface area (Å²) < 4.78 is 5.13. The standard InChI is InChI=1S/C21H14N2O4/c24-19(11-10-16-7-4-12-27-16)22-14-5-3-6-15(13-14)23-20(25)17-8-1-2-9-18(17)21(23)26/h1-13H,(H,22,24). The first kappa shape index (κ1) is 16.5. The number of hydrogen-bond donors (Lipinski definition) is 1. The van der Waals surface area contributed by atoms with Crippen molar-refractivity contribution in [3.63, 3.8) is 0 Å². The van der Waals surface area contributed by atoms with Crippen molar-refractivity contribution in [2.75, 3.05) is 10.2 Å². The normalized spacial score (nSPS) is 13.3. The quantitative estimate of drug-likeness (QED) is 0.569. The molecule has 2 aromatic carbocycles. The van der Waals surface area contributed by atoms with Gasteiger partial charge in [-0.2, -0.15) is 0 Å². The smallest absolute Gasteiger partial charge is 0.266 e. The summed E-state index contributed by atoms with van der Waals surface area (Å²) in [7, 11) is 0. The van der Waals surface area contributed by atoms with Crippen LogP contribution >= 0.6 is 0 Å². The van der Waals surface area contributed by atoms with E-state index in [1.165, 1.54) is 12.3 Å². The minimum absolute atomic E-state index is 0.356. The minimum atomic E-state index is -0.378. The van der Waals surface area contributed by atoms with Gasteiger partial charge in [-0.3, -0.25) is 14.4 Å². The first-order chi connectivity index (χ1) is 13.1. The largest absolute Gasteiger partial charge is 0.465 e. The number of carbonyl (C=O) groups is 3. The van der Waals surface area contributed by atoms with Crippen molar-refractivity contribution in [1.82, 2.24) is 0 Å². The summed E-state index contributed by atoms with van der Waals surface area (Å²) in [5.41, 5.74) is 1.61. The SMILES string of the molecule is O=C(C=Cc1ccco1)Nc1cccc(N2C(=O)c3ccccc3C2=O)c1. The topological polar surface area (TPSA) is 79.6 Å². The lowest BCUT2D eigenvalue weighted by Crippen LogP contribution is -2.29. The summed E-state index contributed by atoms with van der Waals surface area (Å²) in [5, 5.41) is 2.70. The Balaban J connectivity index is 1.54. The third-order valence-electron chi connectivity index (χ3n) is 4.11. The highest BCUT2D eigenvalue weighted by Gasteiger charge is 2.36. The van der Waals surface area contributed by atoms with E-state index in [2.05, 4.69) is 5.32 Å². The maximum atomic E-state index is 12.6. The fourth-order valence-corrected chi connectivity index (χ4v) is 2.87. The van der Waals surface area contributed by atoms with Crippen LogP contribution in [0.15, 0.2) is 77.4 Å². The van der Waals surface area contributed by atoms with E-state index in [9.17, 15) is 14.4 Å². The van der Waals surface area contributed by atoms with Crippen molar-refractivity contribution in [1.29, 1.82) is 0 Å². The number of nitrogens with one attached hydrogen (secondary N) is 1. The second-order valence-corrected chi connectivity index (χ2v) is 5.88. The predicted octanol–water partition coefficient (Wildman–Crippen LogP) is 3.73. The van der Waals surface area contributed by atoms with Crippen molar-refractivity contribution >= 4 is 35.2 Å². The highest BCUT2D eigenvalue weighted by Crippen LogP contribution is 2.29. The summed E-state index contributed by atoms with van der Waals surface area (Å²) >= 11 is 0. The van der Waals surface area contributed by atoms with Gasteiger partial charge in [0.05, 0.1) is 23.1 Å². The number of hydrogen-bond acceptors (Lipinski definition) is 4. The van der Waals surface area contributed by atoms with Crippen LogP contribution in [0.25, 0.3) is 6.08 Å². The van der Waals surface area contributed by atoms with Gasteiger partial charge in [0.2, 0.25) is 5.91 Å². The summed E-state index contributed by atoms with van der Waals surface area (Å²) in [4.78, 5) is 38.3. The first-order valence-electron chi connectivity index (χ1n) is 8.24. The van der Waals surface area contributed by atoms with Crippen molar-refractivity contribution in [2.45, 2.75) is 0 Å². The van der Waals surface area contributed by atoms with Crippen LogP contribution in [0.4, 0.5) is 11.4 Å². The van der Waals surface area contributed by atoms with Crippen LogP contribution in [-0.4, -0.2) is 17.7 Å². The molecule has 1 aromatic heterocycles. The molecule has 3 aromatic rings. The van der Waals surface area contributed by atoms with E-state index in [0.29, 0.717) is 28.3 Å². The van der Waals surface area contributed by atoms with Crippen LogP contribution < -0.4 is 10.2 Å². The van der Waals surface area contributed by atoms with E-state index in [1.54, 1.807) is 66.7 Å². The minimum Gasteiger partial charge on any atom is -0.465 e. The summed E-state index contributed by atoms with van der Waals surface area (Å²) in [5.74, 6) is -0.551. The number of anilines is 2. The van der Waals surface area contributed by atoms with Gasteiger partial charge in [0.1, 0.15) is 5.76 Å². The molecule has 1 aliphatic heterocycles. The molecule has 0 fully saturated rings. The van der Waals surface area contributed by atoms with Gasteiger partial charge in [0.25, 0.3) is 11.8 Å². The highest BCUT2D eigenvalue weighted by atomic mass is 16.3. The Bertz CT molecular complexity index is 1030. The molecular formula is C21H14N2O4. The molecule has 3 amide bonds. The molecule has 4 rings (SSSR count). The van der Waals surface area contributed by atoms with E-state index in [0.717, 1.165) is 4.90 Å². The van der Waals surface area contributed by atoms with Gasteiger partial charge < -0.3 is 9.73 Å². The number of rotatable bonds is 4. The van der Waals surface area contributed by atoms with Gasteiger partial charge in [-0.25, -0.2) is 4.90 Å². The molecule has 1 aliphatic rings. The summed E-state index contributed by atoms with van der Waals surface area (Å²) in [6, 6.07) is 16.7. The van der Waals surface area contributed by atoms with Gasteiger partial charge >= 0.3 is 0 Å². The molecule has 0 bridgehead atoms. The lowest BCUT2D eigenvalue weighted by atomic mass is 10.1. The van der Waals surface area contributed by atoms with Gasteiger partial charge in [0, 0.05) is 11.8 Å². The molecule has 6 heteroatoms. The predicted molar refractivity (Wildman–Crippen MR) is 100 cm³/mol. The zero-order chi connectivity index (χ0) is 18.8. The van der Waals surface area contributed by atoms with Gasteiger partial charge in [-0.1, -0.05) is 18.2 Å². The van der Waals surface area contributed by atoms with E-state index in [4.69, 9.17) is 4.42 Å². The van der Waals surface area contributed by atoms with Crippen LogP contribution in [-0.2, 0) is 4.79 Å². The number of imide groups is 1. The number of amides is 3. The second-order valence-electron chi connectivity index (χ2n) is 5.88. The van der Waals surface area contributed by atoms with Crippen molar-refractivity contribution in [3.05, 3.63) is 89.9 Å².